The number of ether oxygens (including phenoxy) is 1. The molecule has 1 rings (SSSR count). The van der Waals surface area contributed by atoms with Crippen LogP contribution in [-0.4, -0.2) is 6.61 Å². The van der Waals surface area contributed by atoms with Crippen molar-refractivity contribution < 1.29 is 4.74 Å². The monoisotopic (exact) mass is 342 g/mol. The lowest BCUT2D eigenvalue weighted by Crippen LogP contribution is -2.06. The van der Waals surface area contributed by atoms with E-state index in [-0.39, 0.29) is 5.92 Å². The van der Waals surface area contributed by atoms with Crippen molar-refractivity contribution in [3.05, 3.63) is 29.8 Å². The Morgan fingerprint density at radius 2 is 1.72 bits per heavy atom. The summed E-state index contributed by atoms with van der Waals surface area (Å²) in [7, 11) is 0. The van der Waals surface area contributed by atoms with E-state index in [0.29, 0.717) is 6.61 Å². The van der Waals surface area contributed by atoms with E-state index in [1.165, 1.54) is 63.4 Å². The van der Waals surface area contributed by atoms with E-state index in [1.807, 2.05) is 12.1 Å². The molecule has 1 aromatic carbocycles. The van der Waals surface area contributed by atoms with E-state index >= 15 is 0 Å². The fourth-order valence-corrected chi connectivity index (χ4v) is 3.09. The zero-order valence-electron chi connectivity index (χ0n) is 16.4. The van der Waals surface area contributed by atoms with Gasteiger partial charge in [0.1, 0.15) is 5.75 Å². The van der Waals surface area contributed by atoms with Crippen LogP contribution in [0.3, 0.4) is 0 Å². The molecule has 0 fully saturated rings. The largest absolute Gasteiger partial charge is 0.493 e. The van der Waals surface area contributed by atoms with Gasteiger partial charge in [-0.1, -0.05) is 77.3 Å². The van der Waals surface area contributed by atoms with E-state index < -0.39 is 0 Å². The second-order valence-electron chi connectivity index (χ2n) is 6.98. The van der Waals surface area contributed by atoms with Gasteiger partial charge in [0.05, 0.1) is 12.7 Å². The van der Waals surface area contributed by atoms with Crippen molar-refractivity contribution >= 4 is 0 Å². The summed E-state index contributed by atoms with van der Waals surface area (Å²) in [5.74, 6) is 1.06. The summed E-state index contributed by atoms with van der Waals surface area (Å²) in [5.41, 5.74) is 1.28. The summed E-state index contributed by atoms with van der Waals surface area (Å²) >= 11 is 0. The summed E-state index contributed by atoms with van der Waals surface area (Å²) in [5, 5.41) is 9.01. The van der Waals surface area contributed by atoms with E-state index in [2.05, 4.69) is 32.0 Å². The lowest BCUT2D eigenvalue weighted by atomic mass is 10.0. The molecule has 0 spiro atoms. The molecule has 0 aliphatic rings. The Morgan fingerprint density at radius 1 is 1.04 bits per heavy atom. The third kappa shape index (κ3) is 10.2. The van der Waals surface area contributed by atoms with Crippen molar-refractivity contribution in [1.29, 1.82) is 5.26 Å². The minimum atomic E-state index is 0.105. The van der Waals surface area contributed by atoms with Gasteiger partial charge in [-0.05, 0) is 43.4 Å². The number of rotatable bonds is 15. The molecule has 2 nitrogen and oxygen atoms in total. The molecule has 25 heavy (non-hydrogen) atoms. The first kappa shape index (κ1) is 21.6. The Kier molecular flexibility index (Phi) is 12.8. The quantitative estimate of drug-likeness (QED) is 0.325. The van der Waals surface area contributed by atoms with Crippen LogP contribution in [-0.2, 0) is 6.42 Å². The SMILES string of the molecule is CCCCCCCCCCCc1cc[c]cc1OCCC(C#N)CC. The van der Waals surface area contributed by atoms with Gasteiger partial charge < -0.3 is 4.74 Å². The summed E-state index contributed by atoms with van der Waals surface area (Å²) in [6.07, 6.45) is 15.0. The van der Waals surface area contributed by atoms with Gasteiger partial charge in [0.2, 0.25) is 0 Å². The Labute approximate surface area is 155 Å². The third-order valence-corrected chi connectivity index (χ3v) is 4.86. The van der Waals surface area contributed by atoms with Crippen molar-refractivity contribution in [2.75, 3.05) is 6.61 Å². The molecular formula is C23H36NO. The predicted molar refractivity (Wildman–Crippen MR) is 106 cm³/mol. The highest BCUT2D eigenvalue weighted by Gasteiger charge is 2.07. The molecule has 1 atom stereocenters. The first-order valence-corrected chi connectivity index (χ1v) is 10.3. The first-order chi connectivity index (χ1) is 12.3. The molecule has 1 unspecified atom stereocenters. The fraction of sp³-hybridized carbons (Fsp3) is 0.696. The second kappa shape index (κ2) is 14.8. The van der Waals surface area contributed by atoms with Crippen LogP contribution in [0.2, 0.25) is 0 Å². The van der Waals surface area contributed by atoms with Crippen LogP contribution in [0, 0.1) is 23.3 Å². The summed E-state index contributed by atoms with van der Waals surface area (Å²) in [4.78, 5) is 0. The molecule has 0 aliphatic carbocycles. The number of aryl methyl sites for hydroxylation is 1. The smallest absolute Gasteiger partial charge is 0.123 e. The molecule has 0 saturated carbocycles. The summed E-state index contributed by atoms with van der Waals surface area (Å²) < 4.78 is 5.92. The predicted octanol–water partition coefficient (Wildman–Crippen LogP) is 6.88. The van der Waals surface area contributed by atoms with Crippen molar-refractivity contribution in [2.45, 2.75) is 90.9 Å². The number of hydrogen-bond acceptors (Lipinski definition) is 2. The molecule has 0 aliphatic heterocycles. The molecule has 0 heterocycles. The van der Waals surface area contributed by atoms with Crippen LogP contribution in [0.25, 0.3) is 0 Å². The van der Waals surface area contributed by atoms with Crippen LogP contribution in [0.5, 0.6) is 5.75 Å². The Balaban J connectivity index is 2.20. The van der Waals surface area contributed by atoms with Crippen molar-refractivity contribution in [1.82, 2.24) is 0 Å². The van der Waals surface area contributed by atoms with E-state index in [4.69, 9.17) is 10.00 Å². The molecule has 1 aromatic rings. The molecule has 0 amide bonds. The topological polar surface area (TPSA) is 33.0 Å². The molecule has 1 radical (unpaired) electrons. The molecule has 0 bridgehead atoms. The Hall–Kier alpha value is -1.49. The van der Waals surface area contributed by atoms with Gasteiger partial charge in [-0.2, -0.15) is 5.26 Å². The zero-order chi connectivity index (χ0) is 18.2. The average Bonchev–Trinajstić information content (AvgIpc) is 2.65. The normalized spacial score (nSPS) is 11.9. The summed E-state index contributed by atoms with van der Waals surface area (Å²) in [6.45, 7) is 4.94. The number of nitriles is 1. The van der Waals surface area contributed by atoms with E-state index in [1.54, 1.807) is 0 Å². The average molecular weight is 343 g/mol. The summed E-state index contributed by atoms with van der Waals surface area (Å²) in [6, 6.07) is 11.5. The number of hydrogen-bond donors (Lipinski definition) is 0. The number of benzene rings is 1. The van der Waals surface area contributed by atoms with Gasteiger partial charge in [0.15, 0.2) is 0 Å². The fourth-order valence-electron chi connectivity index (χ4n) is 3.09. The van der Waals surface area contributed by atoms with Gasteiger partial charge in [-0.3, -0.25) is 0 Å². The van der Waals surface area contributed by atoms with Crippen LogP contribution >= 0.6 is 0 Å². The Morgan fingerprint density at radius 3 is 2.36 bits per heavy atom. The highest BCUT2D eigenvalue weighted by Crippen LogP contribution is 2.21. The molecule has 0 N–H and O–H groups in total. The van der Waals surface area contributed by atoms with Crippen molar-refractivity contribution in [3.8, 4) is 11.8 Å². The van der Waals surface area contributed by atoms with E-state index in [9.17, 15) is 0 Å². The molecule has 0 aromatic heterocycles. The van der Waals surface area contributed by atoms with Crippen LogP contribution in [0.4, 0.5) is 0 Å². The molecule has 139 valence electrons. The van der Waals surface area contributed by atoms with Crippen molar-refractivity contribution in [2.24, 2.45) is 5.92 Å². The Bertz CT molecular complexity index is 477. The van der Waals surface area contributed by atoms with Gasteiger partial charge in [0, 0.05) is 5.92 Å². The third-order valence-electron chi connectivity index (χ3n) is 4.86. The first-order valence-electron chi connectivity index (χ1n) is 10.3. The lowest BCUT2D eigenvalue weighted by Gasteiger charge is -2.12. The maximum absolute atomic E-state index is 9.01. The molecule has 0 saturated heterocycles. The van der Waals surface area contributed by atoms with E-state index in [0.717, 1.165) is 25.0 Å². The van der Waals surface area contributed by atoms with Gasteiger partial charge in [0.25, 0.3) is 0 Å². The number of unbranched alkanes of at least 4 members (excludes halogenated alkanes) is 8. The standard InChI is InChI=1S/C23H36NO/c1-3-5-6-7-8-9-10-11-12-15-22-16-13-14-17-23(22)25-19-18-21(4-2)20-24/h13,16-17,21H,3-12,15,18-19H2,1-2H3. The highest BCUT2D eigenvalue weighted by atomic mass is 16.5. The van der Waals surface area contributed by atoms with Crippen LogP contribution in [0.1, 0.15) is 90.0 Å². The highest BCUT2D eigenvalue weighted by molar-refractivity contribution is 5.32. The van der Waals surface area contributed by atoms with Gasteiger partial charge in [-0.25, -0.2) is 0 Å². The molecular weight excluding hydrogens is 306 g/mol. The maximum Gasteiger partial charge on any atom is 0.123 e. The maximum atomic E-state index is 9.01. The lowest BCUT2D eigenvalue weighted by molar-refractivity contribution is 0.288. The van der Waals surface area contributed by atoms with Crippen LogP contribution < -0.4 is 4.74 Å². The molecule has 2 heteroatoms. The van der Waals surface area contributed by atoms with Gasteiger partial charge >= 0.3 is 0 Å². The van der Waals surface area contributed by atoms with Crippen LogP contribution in [0.15, 0.2) is 18.2 Å². The van der Waals surface area contributed by atoms with Gasteiger partial charge in [-0.15, -0.1) is 0 Å². The minimum absolute atomic E-state index is 0.105. The minimum Gasteiger partial charge on any atom is -0.493 e. The van der Waals surface area contributed by atoms with Crippen molar-refractivity contribution in [3.63, 3.8) is 0 Å². The zero-order valence-corrected chi connectivity index (χ0v) is 16.4. The number of nitrogens with zero attached hydrogens (tertiary/aromatic N) is 1. The second-order valence-corrected chi connectivity index (χ2v) is 6.98.